The average Bonchev–Trinajstić information content (AvgIpc) is 3.08. The Balaban J connectivity index is 1.84. The smallest absolute Gasteiger partial charge is 0.247 e. The summed E-state index contributed by atoms with van der Waals surface area (Å²) in [6.07, 6.45) is 5.90. The Bertz CT molecular complexity index is 1470. The minimum absolute atomic E-state index is 0.267. The second kappa shape index (κ2) is 20.0. The summed E-state index contributed by atoms with van der Waals surface area (Å²) in [6, 6.07) is 15.8. The van der Waals surface area contributed by atoms with Gasteiger partial charge >= 0.3 is 0 Å². The van der Waals surface area contributed by atoms with Crippen LogP contribution in [0.1, 0.15) is 51.0 Å². The molecule has 3 atom stereocenters. The van der Waals surface area contributed by atoms with Gasteiger partial charge in [0.15, 0.2) is 0 Å². The van der Waals surface area contributed by atoms with Crippen molar-refractivity contribution >= 4 is 52.0 Å². The molecule has 4 amide bonds. The van der Waals surface area contributed by atoms with Crippen molar-refractivity contribution < 1.29 is 19.2 Å². The van der Waals surface area contributed by atoms with Crippen molar-refractivity contribution in [3.05, 3.63) is 85.1 Å². The second-order valence-electron chi connectivity index (χ2n) is 11.3. The summed E-state index contributed by atoms with van der Waals surface area (Å²) in [5, 5.41) is 9.22. The molecule has 3 unspecified atom stereocenters. The first-order valence-corrected chi connectivity index (χ1v) is 16.4. The summed E-state index contributed by atoms with van der Waals surface area (Å²) in [6.45, 7) is 7.06. The fourth-order valence-electron chi connectivity index (χ4n) is 5.06. The summed E-state index contributed by atoms with van der Waals surface area (Å²) in [7, 11) is 0. The molecule has 3 aromatic rings. The quantitative estimate of drug-likeness (QED) is 0.0698. The largest absolute Gasteiger partial charge is 0.342 e. The van der Waals surface area contributed by atoms with Gasteiger partial charge in [-0.15, -0.1) is 6.58 Å². The van der Waals surface area contributed by atoms with E-state index in [1.54, 1.807) is 17.2 Å². The van der Waals surface area contributed by atoms with Gasteiger partial charge in [-0.05, 0) is 68.0 Å². The van der Waals surface area contributed by atoms with Gasteiger partial charge < -0.3 is 26.6 Å². The number of nitrogens with two attached hydrogens (primary N) is 1. The van der Waals surface area contributed by atoms with Crippen molar-refractivity contribution in [1.29, 1.82) is 0 Å². The van der Waals surface area contributed by atoms with Gasteiger partial charge in [-0.3, -0.25) is 24.2 Å². The number of aromatic nitrogens is 1. The zero-order valence-corrected chi connectivity index (χ0v) is 27.7. The number of nitrogens with zero attached hydrogens (tertiary/aromatic N) is 2. The first kappa shape index (κ1) is 37.1. The Kier molecular flexibility index (Phi) is 15.8. The number of carbonyl (C=O) groups excluding carboxylic acids is 4. The molecule has 0 aliphatic carbocycles. The predicted molar refractivity (Wildman–Crippen MR) is 186 cm³/mol. The molecule has 1 aromatic heterocycles. The van der Waals surface area contributed by atoms with Crippen molar-refractivity contribution in [2.45, 2.75) is 70.0 Å². The van der Waals surface area contributed by atoms with Gasteiger partial charge in [0, 0.05) is 25.0 Å². The molecule has 0 aliphatic heterocycles. The molecule has 0 aliphatic rings. The number of carbonyl (C=O) groups is 4. The minimum Gasteiger partial charge on any atom is -0.342 e. The van der Waals surface area contributed by atoms with Crippen LogP contribution in [0.3, 0.4) is 0 Å². The van der Waals surface area contributed by atoms with E-state index in [1.807, 2.05) is 67.6 Å². The number of pyridine rings is 1. The molecular formula is C35H46ClN7O4. The first-order chi connectivity index (χ1) is 22.7. The van der Waals surface area contributed by atoms with Crippen LogP contribution in [0.15, 0.2) is 79.5 Å². The van der Waals surface area contributed by atoms with Crippen molar-refractivity contribution in [3.63, 3.8) is 0 Å². The topological polar surface area (TPSA) is 159 Å². The highest BCUT2D eigenvalue weighted by Gasteiger charge is 2.31. The molecule has 47 heavy (non-hydrogen) atoms. The van der Waals surface area contributed by atoms with Gasteiger partial charge in [0.05, 0.1) is 29.9 Å². The molecular weight excluding hydrogens is 618 g/mol. The van der Waals surface area contributed by atoms with Gasteiger partial charge in [0.2, 0.25) is 23.6 Å². The maximum atomic E-state index is 13.9. The fourth-order valence-corrected chi connectivity index (χ4v) is 5.19. The lowest BCUT2D eigenvalue weighted by Gasteiger charge is -2.27. The second-order valence-corrected chi connectivity index (χ2v) is 11.6. The molecule has 0 saturated heterocycles. The lowest BCUT2D eigenvalue weighted by Crippen LogP contribution is -2.56. The van der Waals surface area contributed by atoms with E-state index in [4.69, 9.17) is 17.5 Å². The molecule has 0 saturated carbocycles. The third-order valence-corrected chi connectivity index (χ3v) is 7.83. The normalized spacial score (nSPS) is 12.8. The molecule has 0 fully saturated rings. The maximum Gasteiger partial charge on any atom is 0.247 e. The van der Waals surface area contributed by atoms with Crippen molar-refractivity contribution in [2.24, 2.45) is 5.73 Å². The molecule has 1 heterocycles. The monoisotopic (exact) mass is 663 g/mol. The van der Waals surface area contributed by atoms with Crippen LogP contribution in [0.5, 0.6) is 0 Å². The van der Waals surface area contributed by atoms with E-state index >= 15 is 0 Å². The van der Waals surface area contributed by atoms with Gasteiger partial charge in [-0.25, -0.2) is 4.84 Å². The summed E-state index contributed by atoms with van der Waals surface area (Å²) < 4.78 is 0. The maximum absolute atomic E-state index is 13.9. The van der Waals surface area contributed by atoms with E-state index in [2.05, 4.69) is 32.3 Å². The van der Waals surface area contributed by atoms with Crippen LogP contribution in [0, 0.1) is 0 Å². The Morgan fingerprint density at radius 1 is 0.957 bits per heavy atom. The Morgan fingerprint density at radius 3 is 2.40 bits per heavy atom. The summed E-state index contributed by atoms with van der Waals surface area (Å²) in [5.74, 6) is -1.99. The first-order valence-electron chi connectivity index (χ1n) is 16.0. The Hall–Kier alpha value is -4.32. The van der Waals surface area contributed by atoms with Crippen LogP contribution in [0.2, 0.25) is 0 Å². The van der Waals surface area contributed by atoms with Crippen molar-refractivity contribution in [1.82, 2.24) is 25.4 Å². The van der Waals surface area contributed by atoms with Crippen LogP contribution in [0.25, 0.3) is 10.9 Å². The van der Waals surface area contributed by atoms with E-state index in [9.17, 15) is 19.2 Å². The third-order valence-electron chi connectivity index (χ3n) is 7.64. The molecule has 12 heteroatoms. The molecule has 2 aromatic carbocycles. The highest BCUT2D eigenvalue weighted by atomic mass is 35.5. The summed E-state index contributed by atoms with van der Waals surface area (Å²) in [5.41, 5.74) is 8.35. The SMILES string of the molecule is C=CCCN(CCC)C(=O)CC(NC(=O)C(N)CCCNCl)C(=O)NC(CCc1ccccc1)C(=O)Nc1cnc2ccccc2c1. The number of hydrogen-bond acceptors (Lipinski definition) is 7. The number of benzene rings is 2. The molecule has 11 nitrogen and oxygen atoms in total. The fraction of sp³-hybridized carbons (Fsp3) is 0.400. The van der Waals surface area contributed by atoms with Crippen LogP contribution in [-0.4, -0.2) is 71.3 Å². The van der Waals surface area contributed by atoms with E-state index in [1.165, 1.54) is 0 Å². The standard InChI is InChI=1S/C35H46ClN7O4/c1-3-5-21-43(20-4-2)32(44)23-31(42-33(45)28(37)15-11-19-39-36)35(47)41-30(18-17-25-12-7-6-8-13-25)34(46)40-27-22-26-14-9-10-16-29(26)38-24-27/h3,6-10,12-14,16,22,24,28,30-31,39H,1,4-5,11,15,17-21,23,37H2,2H3,(H,40,46)(H,41,47)(H,42,45). The van der Waals surface area contributed by atoms with Gasteiger partial charge in [-0.1, -0.05) is 61.5 Å². The summed E-state index contributed by atoms with van der Waals surface area (Å²) in [4.78, 5) is 62.6. The lowest BCUT2D eigenvalue weighted by molar-refractivity contribution is -0.137. The summed E-state index contributed by atoms with van der Waals surface area (Å²) >= 11 is 5.53. The molecule has 252 valence electrons. The zero-order valence-electron chi connectivity index (χ0n) is 26.9. The van der Waals surface area contributed by atoms with E-state index in [0.717, 1.165) is 22.9 Å². The lowest BCUT2D eigenvalue weighted by atomic mass is 10.0. The molecule has 0 radical (unpaired) electrons. The average molecular weight is 664 g/mol. The molecule has 6 N–H and O–H groups in total. The van der Waals surface area contributed by atoms with E-state index in [0.29, 0.717) is 51.0 Å². The number of anilines is 1. The van der Waals surface area contributed by atoms with E-state index < -0.39 is 35.8 Å². The van der Waals surface area contributed by atoms with Crippen molar-refractivity contribution in [3.8, 4) is 0 Å². The minimum atomic E-state index is -1.26. The molecule has 3 rings (SSSR count). The van der Waals surface area contributed by atoms with Crippen LogP contribution < -0.4 is 26.5 Å². The number of halogens is 1. The number of fused-ring (bicyclic) bond motifs is 1. The molecule has 0 spiro atoms. The van der Waals surface area contributed by atoms with Gasteiger partial charge in [0.1, 0.15) is 12.1 Å². The predicted octanol–water partition coefficient (Wildman–Crippen LogP) is 3.83. The number of nitrogens with one attached hydrogen (secondary N) is 4. The number of hydrogen-bond donors (Lipinski definition) is 5. The van der Waals surface area contributed by atoms with Gasteiger partial charge in [0.25, 0.3) is 0 Å². The van der Waals surface area contributed by atoms with Gasteiger partial charge in [-0.2, -0.15) is 0 Å². The van der Waals surface area contributed by atoms with Crippen LogP contribution in [-0.2, 0) is 25.6 Å². The third kappa shape index (κ3) is 12.4. The number of rotatable bonds is 20. The zero-order chi connectivity index (χ0) is 34.0. The highest BCUT2D eigenvalue weighted by molar-refractivity contribution is 6.13. The highest BCUT2D eigenvalue weighted by Crippen LogP contribution is 2.17. The number of aryl methyl sites for hydroxylation is 1. The molecule has 0 bridgehead atoms. The van der Waals surface area contributed by atoms with Crippen LogP contribution >= 0.6 is 11.8 Å². The Morgan fingerprint density at radius 2 is 1.68 bits per heavy atom. The Labute approximate surface area is 281 Å². The number of amides is 4. The number of para-hydroxylation sites is 1. The van der Waals surface area contributed by atoms with Crippen molar-refractivity contribution in [2.75, 3.05) is 25.0 Å². The van der Waals surface area contributed by atoms with E-state index in [-0.39, 0.29) is 18.7 Å². The van der Waals surface area contributed by atoms with Crippen LogP contribution in [0.4, 0.5) is 5.69 Å².